The van der Waals surface area contributed by atoms with Gasteiger partial charge in [0.05, 0.1) is 13.2 Å². The SMILES string of the molecule is CCCCCCCCCCCCCC[C@@H](O)[C@@H]1OC(C)(C)O[C@H]1C(=O)N(C)OC. The third-order valence-corrected chi connectivity index (χ3v) is 5.69. The van der Waals surface area contributed by atoms with E-state index in [4.69, 9.17) is 14.3 Å². The molecular formula is C23H45NO5. The van der Waals surface area contributed by atoms with E-state index in [1.165, 1.54) is 78.4 Å². The van der Waals surface area contributed by atoms with E-state index in [-0.39, 0.29) is 5.91 Å². The first-order valence-electron chi connectivity index (χ1n) is 11.7. The molecule has 0 aromatic rings. The summed E-state index contributed by atoms with van der Waals surface area (Å²) >= 11 is 0. The standard InChI is InChI=1S/C23H45NO5/c1-6-7-8-9-10-11-12-13-14-15-16-17-18-19(25)20-21(22(26)24(4)27-5)29-23(2,3)28-20/h19-21,25H,6-18H2,1-5H3/t19-,20+,21-/m1/s1. The van der Waals surface area contributed by atoms with Crippen molar-refractivity contribution in [1.82, 2.24) is 5.06 Å². The molecule has 172 valence electrons. The summed E-state index contributed by atoms with van der Waals surface area (Å²) in [4.78, 5) is 17.4. The van der Waals surface area contributed by atoms with Gasteiger partial charge in [0, 0.05) is 7.05 Å². The van der Waals surface area contributed by atoms with Crippen LogP contribution in [0.3, 0.4) is 0 Å². The Morgan fingerprint density at radius 1 is 0.966 bits per heavy atom. The zero-order valence-corrected chi connectivity index (χ0v) is 19.5. The highest BCUT2D eigenvalue weighted by molar-refractivity contribution is 5.80. The van der Waals surface area contributed by atoms with Crippen LogP contribution in [-0.2, 0) is 19.1 Å². The average molecular weight is 416 g/mol. The van der Waals surface area contributed by atoms with Gasteiger partial charge >= 0.3 is 0 Å². The van der Waals surface area contributed by atoms with Crippen molar-refractivity contribution >= 4 is 5.91 Å². The molecule has 0 aromatic heterocycles. The topological polar surface area (TPSA) is 68.2 Å². The van der Waals surface area contributed by atoms with Crippen LogP contribution in [0.4, 0.5) is 0 Å². The fraction of sp³-hybridized carbons (Fsp3) is 0.957. The van der Waals surface area contributed by atoms with Crippen LogP contribution < -0.4 is 0 Å². The minimum Gasteiger partial charge on any atom is -0.390 e. The van der Waals surface area contributed by atoms with Gasteiger partial charge in [0.2, 0.25) is 0 Å². The molecule has 1 saturated heterocycles. The highest BCUT2D eigenvalue weighted by atomic mass is 16.8. The molecule has 0 unspecified atom stereocenters. The summed E-state index contributed by atoms with van der Waals surface area (Å²) in [5.74, 6) is -1.23. The van der Waals surface area contributed by atoms with Gasteiger partial charge in [-0.2, -0.15) is 0 Å². The zero-order chi connectivity index (χ0) is 21.7. The molecule has 0 aliphatic carbocycles. The molecule has 1 N–H and O–H groups in total. The van der Waals surface area contributed by atoms with Crippen molar-refractivity contribution in [2.75, 3.05) is 14.2 Å². The molecule has 1 fully saturated rings. The fourth-order valence-electron chi connectivity index (χ4n) is 3.89. The first kappa shape index (κ1) is 26.3. The number of unbranched alkanes of at least 4 members (excludes halogenated alkanes) is 11. The Morgan fingerprint density at radius 2 is 1.45 bits per heavy atom. The summed E-state index contributed by atoms with van der Waals surface area (Å²) in [6.45, 7) is 5.78. The van der Waals surface area contributed by atoms with Crippen LogP contribution in [0.1, 0.15) is 104 Å². The fourth-order valence-corrected chi connectivity index (χ4v) is 3.89. The maximum atomic E-state index is 12.4. The number of aliphatic hydroxyl groups is 1. The van der Waals surface area contributed by atoms with E-state index in [0.717, 1.165) is 17.9 Å². The van der Waals surface area contributed by atoms with E-state index < -0.39 is 24.1 Å². The minimum atomic E-state index is -0.892. The number of hydrogen-bond acceptors (Lipinski definition) is 5. The van der Waals surface area contributed by atoms with Gasteiger partial charge in [0.15, 0.2) is 11.9 Å². The van der Waals surface area contributed by atoms with Gasteiger partial charge in [0.1, 0.15) is 6.10 Å². The van der Waals surface area contributed by atoms with Crippen LogP contribution in [0.5, 0.6) is 0 Å². The summed E-state index contributed by atoms with van der Waals surface area (Å²) in [5.41, 5.74) is 0. The number of rotatable bonds is 16. The van der Waals surface area contributed by atoms with E-state index in [1.54, 1.807) is 13.8 Å². The van der Waals surface area contributed by atoms with Gasteiger partial charge in [-0.1, -0.05) is 84.0 Å². The van der Waals surface area contributed by atoms with Gasteiger partial charge in [-0.3, -0.25) is 9.63 Å². The minimum absolute atomic E-state index is 0.336. The lowest BCUT2D eigenvalue weighted by Crippen LogP contribution is -2.45. The lowest BCUT2D eigenvalue weighted by atomic mass is 10.00. The maximum Gasteiger partial charge on any atom is 0.277 e. The van der Waals surface area contributed by atoms with E-state index in [1.807, 2.05) is 0 Å². The van der Waals surface area contributed by atoms with Crippen molar-refractivity contribution in [3.8, 4) is 0 Å². The van der Waals surface area contributed by atoms with E-state index in [2.05, 4.69) is 6.92 Å². The molecule has 1 aliphatic rings. The van der Waals surface area contributed by atoms with Gasteiger partial charge < -0.3 is 14.6 Å². The molecule has 29 heavy (non-hydrogen) atoms. The van der Waals surface area contributed by atoms with E-state index >= 15 is 0 Å². The predicted molar refractivity (Wildman–Crippen MR) is 115 cm³/mol. The van der Waals surface area contributed by atoms with Crippen LogP contribution in [0.2, 0.25) is 0 Å². The number of carbonyl (C=O) groups is 1. The van der Waals surface area contributed by atoms with Crippen LogP contribution in [0.25, 0.3) is 0 Å². The largest absolute Gasteiger partial charge is 0.390 e. The number of ether oxygens (including phenoxy) is 2. The number of likely N-dealkylation sites (N-methyl/N-ethyl adjacent to an activating group) is 1. The van der Waals surface area contributed by atoms with Crippen LogP contribution >= 0.6 is 0 Å². The normalized spacial score (nSPS) is 22.0. The number of hydrogen-bond donors (Lipinski definition) is 1. The highest BCUT2D eigenvalue weighted by Crippen LogP contribution is 2.32. The second-order valence-electron chi connectivity index (χ2n) is 8.78. The second-order valence-corrected chi connectivity index (χ2v) is 8.78. The lowest BCUT2D eigenvalue weighted by molar-refractivity contribution is -0.187. The summed E-state index contributed by atoms with van der Waals surface area (Å²) in [7, 11) is 2.96. The molecular weight excluding hydrogens is 370 g/mol. The summed E-state index contributed by atoms with van der Waals surface area (Å²) < 4.78 is 11.5. The Kier molecular flexibility index (Phi) is 13.0. The molecule has 6 nitrogen and oxygen atoms in total. The summed E-state index contributed by atoms with van der Waals surface area (Å²) in [6.07, 6.45) is 13.7. The maximum absolute atomic E-state index is 12.4. The lowest BCUT2D eigenvalue weighted by Gasteiger charge is -2.24. The molecule has 0 spiro atoms. The molecule has 0 radical (unpaired) electrons. The van der Waals surface area contributed by atoms with Crippen molar-refractivity contribution < 1.29 is 24.2 Å². The Hall–Kier alpha value is -0.690. The van der Waals surface area contributed by atoms with Gasteiger partial charge in [-0.05, 0) is 20.3 Å². The van der Waals surface area contributed by atoms with Crippen molar-refractivity contribution in [1.29, 1.82) is 0 Å². The number of nitrogens with zero attached hydrogens (tertiary/aromatic N) is 1. The molecule has 1 rings (SSSR count). The van der Waals surface area contributed by atoms with E-state index in [0.29, 0.717) is 6.42 Å². The first-order valence-corrected chi connectivity index (χ1v) is 11.7. The van der Waals surface area contributed by atoms with Crippen LogP contribution in [0.15, 0.2) is 0 Å². The molecule has 3 atom stereocenters. The molecule has 0 bridgehead atoms. The quantitative estimate of drug-likeness (QED) is 0.284. The molecule has 1 heterocycles. The third kappa shape index (κ3) is 10.3. The van der Waals surface area contributed by atoms with Crippen molar-refractivity contribution in [2.45, 2.75) is 128 Å². The molecule has 0 saturated carbocycles. The predicted octanol–water partition coefficient (Wildman–Crippen LogP) is 4.98. The van der Waals surface area contributed by atoms with E-state index in [9.17, 15) is 9.90 Å². The second kappa shape index (κ2) is 14.3. The molecule has 1 amide bonds. The van der Waals surface area contributed by atoms with Crippen molar-refractivity contribution in [3.63, 3.8) is 0 Å². The number of hydroxylamine groups is 2. The van der Waals surface area contributed by atoms with Crippen molar-refractivity contribution in [2.24, 2.45) is 0 Å². The molecule has 0 aromatic carbocycles. The van der Waals surface area contributed by atoms with Gasteiger partial charge in [0.25, 0.3) is 5.91 Å². The van der Waals surface area contributed by atoms with Crippen molar-refractivity contribution in [3.05, 3.63) is 0 Å². The summed E-state index contributed by atoms with van der Waals surface area (Å²) in [5, 5.41) is 11.7. The molecule has 1 aliphatic heterocycles. The average Bonchev–Trinajstić information content (AvgIpc) is 3.03. The Balaban J connectivity index is 2.18. The Morgan fingerprint density at radius 3 is 1.93 bits per heavy atom. The zero-order valence-electron chi connectivity index (χ0n) is 19.5. The van der Waals surface area contributed by atoms with Gasteiger partial charge in [-0.25, -0.2) is 5.06 Å². The Labute approximate surface area is 178 Å². The number of carbonyl (C=O) groups excluding carboxylic acids is 1. The van der Waals surface area contributed by atoms with Gasteiger partial charge in [-0.15, -0.1) is 0 Å². The molecule has 6 heteroatoms. The number of amides is 1. The summed E-state index contributed by atoms with van der Waals surface area (Å²) in [6, 6.07) is 0. The van der Waals surface area contributed by atoms with Crippen LogP contribution in [-0.4, -0.2) is 54.3 Å². The smallest absolute Gasteiger partial charge is 0.277 e. The highest BCUT2D eigenvalue weighted by Gasteiger charge is 2.49. The number of aliphatic hydroxyl groups excluding tert-OH is 1. The van der Waals surface area contributed by atoms with Crippen LogP contribution in [0, 0.1) is 0 Å². The monoisotopic (exact) mass is 415 g/mol. The Bertz CT molecular complexity index is 443. The first-order chi connectivity index (χ1) is 13.8. The third-order valence-electron chi connectivity index (χ3n) is 5.69.